The first kappa shape index (κ1) is 27.3. The van der Waals surface area contributed by atoms with E-state index in [0.717, 1.165) is 43.6 Å². The summed E-state index contributed by atoms with van der Waals surface area (Å²) in [5.74, 6) is 2.52. The number of hydrogen-bond acceptors (Lipinski definition) is 2. The van der Waals surface area contributed by atoms with E-state index in [1.165, 1.54) is 24.0 Å². The highest BCUT2D eigenvalue weighted by atomic mass is 16.2. The highest BCUT2D eigenvalue weighted by Crippen LogP contribution is 2.23. The van der Waals surface area contributed by atoms with Crippen molar-refractivity contribution in [3.63, 3.8) is 0 Å². The Bertz CT molecular complexity index is 1060. The summed E-state index contributed by atoms with van der Waals surface area (Å²) in [5, 5.41) is 3.19. The fourth-order valence-electron chi connectivity index (χ4n) is 4.98. The zero-order valence-electron chi connectivity index (χ0n) is 22.1. The second kappa shape index (κ2) is 14.3. The van der Waals surface area contributed by atoms with Gasteiger partial charge in [-0.05, 0) is 68.9 Å². The van der Waals surface area contributed by atoms with Gasteiger partial charge in [0.05, 0.1) is 0 Å². The van der Waals surface area contributed by atoms with Crippen molar-refractivity contribution < 1.29 is 4.79 Å². The molecular formula is C32H41N3O. The molecule has 0 aromatic heterocycles. The molecule has 0 aliphatic carbocycles. The summed E-state index contributed by atoms with van der Waals surface area (Å²) < 4.78 is 0. The molecule has 1 aliphatic heterocycles. The summed E-state index contributed by atoms with van der Waals surface area (Å²) in [7, 11) is 0. The molecule has 0 spiro atoms. The van der Waals surface area contributed by atoms with Crippen molar-refractivity contribution >= 4 is 11.7 Å². The van der Waals surface area contributed by atoms with Gasteiger partial charge in [-0.2, -0.15) is 0 Å². The Labute approximate surface area is 218 Å². The fraction of sp³-hybridized carbons (Fsp3) is 0.406. The van der Waals surface area contributed by atoms with Crippen molar-refractivity contribution in [2.45, 2.75) is 65.0 Å². The van der Waals surface area contributed by atoms with E-state index in [-0.39, 0.29) is 12.1 Å². The van der Waals surface area contributed by atoms with Crippen LogP contribution in [0.1, 0.15) is 57.6 Å². The lowest BCUT2D eigenvalue weighted by Crippen LogP contribution is -2.50. The van der Waals surface area contributed by atoms with E-state index in [4.69, 9.17) is 6.42 Å². The molecular weight excluding hydrogens is 442 g/mol. The Morgan fingerprint density at radius 1 is 1.17 bits per heavy atom. The van der Waals surface area contributed by atoms with E-state index in [2.05, 4.69) is 73.3 Å². The molecule has 0 saturated carbocycles. The average molecular weight is 484 g/mol. The van der Waals surface area contributed by atoms with Gasteiger partial charge in [-0.25, -0.2) is 4.79 Å². The minimum absolute atomic E-state index is 0.0411. The van der Waals surface area contributed by atoms with Crippen LogP contribution in [0.25, 0.3) is 0 Å². The minimum atomic E-state index is -0.0411. The van der Waals surface area contributed by atoms with E-state index in [0.29, 0.717) is 12.6 Å². The molecule has 1 aliphatic rings. The smallest absolute Gasteiger partial charge is 0.317 e. The topological polar surface area (TPSA) is 35.6 Å². The fourth-order valence-corrected chi connectivity index (χ4v) is 4.98. The van der Waals surface area contributed by atoms with Crippen LogP contribution in [0.4, 0.5) is 10.5 Å². The number of nitrogens with zero attached hydrogens (tertiary/aromatic N) is 2. The molecule has 2 aromatic rings. The third-order valence-corrected chi connectivity index (χ3v) is 6.95. The number of carbonyl (C=O) groups excluding carboxylic acids is 1. The highest BCUT2D eigenvalue weighted by molar-refractivity contribution is 5.89. The SMILES string of the molecule is C#C/C=C\C=C(/C)CN(C(=O)Nc1cccc(Cc2ccccc2)c1)C1CCN(C(C)CCC)CC1. The van der Waals surface area contributed by atoms with Gasteiger partial charge in [0.1, 0.15) is 0 Å². The van der Waals surface area contributed by atoms with Crippen molar-refractivity contribution in [3.05, 3.63) is 89.5 Å². The first-order valence-electron chi connectivity index (χ1n) is 13.2. The van der Waals surface area contributed by atoms with Crippen molar-refractivity contribution in [1.82, 2.24) is 9.80 Å². The predicted octanol–water partition coefficient (Wildman–Crippen LogP) is 6.90. The number of anilines is 1. The van der Waals surface area contributed by atoms with E-state index in [1.807, 2.05) is 35.3 Å². The number of nitrogens with one attached hydrogen (secondary N) is 1. The van der Waals surface area contributed by atoms with Gasteiger partial charge in [0.25, 0.3) is 0 Å². The maximum absolute atomic E-state index is 13.6. The highest BCUT2D eigenvalue weighted by Gasteiger charge is 2.29. The summed E-state index contributed by atoms with van der Waals surface area (Å²) in [5.41, 5.74) is 4.38. The first-order chi connectivity index (χ1) is 17.5. The Kier molecular flexibility index (Phi) is 10.9. The number of benzene rings is 2. The van der Waals surface area contributed by atoms with Gasteiger partial charge in [0, 0.05) is 37.4 Å². The third-order valence-electron chi connectivity index (χ3n) is 6.95. The van der Waals surface area contributed by atoms with E-state index < -0.39 is 0 Å². The second-order valence-corrected chi connectivity index (χ2v) is 9.86. The molecule has 1 N–H and O–H groups in total. The number of rotatable bonds is 10. The van der Waals surface area contributed by atoms with Crippen LogP contribution < -0.4 is 5.32 Å². The summed E-state index contributed by atoms with van der Waals surface area (Å²) in [6.07, 6.45) is 16.1. The van der Waals surface area contributed by atoms with Gasteiger partial charge in [-0.3, -0.25) is 0 Å². The van der Waals surface area contributed by atoms with Crippen LogP contribution in [0.2, 0.25) is 0 Å². The molecule has 1 heterocycles. The normalized spacial score (nSPS) is 16.0. The van der Waals surface area contributed by atoms with Crippen molar-refractivity contribution in [2.24, 2.45) is 0 Å². The zero-order valence-corrected chi connectivity index (χ0v) is 22.1. The molecule has 4 nitrogen and oxygen atoms in total. The molecule has 1 fully saturated rings. The van der Waals surface area contributed by atoms with Crippen LogP contribution in [0, 0.1) is 12.3 Å². The maximum Gasteiger partial charge on any atom is 0.322 e. The predicted molar refractivity (Wildman–Crippen MR) is 152 cm³/mol. The van der Waals surface area contributed by atoms with Crippen LogP contribution in [0.15, 0.2) is 78.4 Å². The van der Waals surface area contributed by atoms with Crippen LogP contribution in [0.5, 0.6) is 0 Å². The molecule has 2 aromatic carbocycles. The van der Waals surface area contributed by atoms with E-state index >= 15 is 0 Å². The van der Waals surface area contributed by atoms with Gasteiger partial charge in [-0.1, -0.05) is 79.5 Å². The van der Waals surface area contributed by atoms with Crippen molar-refractivity contribution in [2.75, 3.05) is 25.0 Å². The molecule has 190 valence electrons. The van der Waals surface area contributed by atoms with Crippen LogP contribution in [-0.2, 0) is 6.42 Å². The monoisotopic (exact) mass is 483 g/mol. The minimum Gasteiger partial charge on any atom is -0.317 e. The van der Waals surface area contributed by atoms with E-state index in [9.17, 15) is 4.79 Å². The number of terminal acetylenes is 1. The molecule has 1 unspecified atom stereocenters. The molecule has 0 bridgehead atoms. The molecule has 36 heavy (non-hydrogen) atoms. The molecule has 0 radical (unpaired) electrons. The zero-order chi connectivity index (χ0) is 25.8. The van der Waals surface area contributed by atoms with Gasteiger partial charge in [0.2, 0.25) is 0 Å². The van der Waals surface area contributed by atoms with Gasteiger partial charge in [-0.15, -0.1) is 6.42 Å². The lowest BCUT2D eigenvalue weighted by molar-refractivity contribution is 0.105. The summed E-state index contributed by atoms with van der Waals surface area (Å²) >= 11 is 0. The summed E-state index contributed by atoms with van der Waals surface area (Å²) in [4.78, 5) is 18.2. The second-order valence-electron chi connectivity index (χ2n) is 9.86. The summed E-state index contributed by atoms with van der Waals surface area (Å²) in [6, 6.07) is 19.3. The number of amides is 2. The van der Waals surface area contributed by atoms with Crippen molar-refractivity contribution in [3.8, 4) is 12.3 Å². The van der Waals surface area contributed by atoms with E-state index in [1.54, 1.807) is 6.08 Å². The quantitative estimate of drug-likeness (QED) is 0.295. The number of urea groups is 1. The van der Waals surface area contributed by atoms with Crippen molar-refractivity contribution in [1.29, 1.82) is 0 Å². The Hall–Kier alpha value is -3.29. The maximum atomic E-state index is 13.6. The lowest BCUT2D eigenvalue weighted by atomic mass is 10.00. The van der Waals surface area contributed by atoms with Crippen LogP contribution in [-0.4, -0.2) is 47.5 Å². The number of piperidine rings is 1. The Morgan fingerprint density at radius 3 is 2.58 bits per heavy atom. The van der Waals surface area contributed by atoms with Crippen LogP contribution >= 0.6 is 0 Å². The first-order valence-corrected chi connectivity index (χ1v) is 13.2. The molecule has 3 rings (SSSR count). The lowest BCUT2D eigenvalue weighted by Gasteiger charge is -2.41. The molecule has 1 saturated heterocycles. The number of carbonyl (C=O) groups is 1. The molecule has 2 amide bonds. The van der Waals surface area contributed by atoms with Gasteiger partial charge < -0.3 is 15.1 Å². The summed E-state index contributed by atoms with van der Waals surface area (Å²) in [6.45, 7) is 9.26. The third kappa shape index (κ3) is 8.43. The standard InChI is InChI=1S/C32H41N3O/c1-5-7-9-14-26(3)25-35(31-19-21-34(22-20-31)27(4)13-6-2)32(36)33-30-18-12-17-29(24-30)23-28-15-10-8-11-16-28/h1,7-12,14-18,24,27,31H,6,13,19-23,25H2,2-4H3,(H,33,36)/b9-7-,26-14+. The number of allylic oxidation sites excluding steroid dienone is 3. The Morgan fingerprint density at radius 2 is 1.89 bits per heavy atom. The van der Waals surface area contributed by atoms with Gasteiger partial charge in [0.15, 0.2) is 0 Å². The van der Waals surface area contributed by atoms with Crippen LogP contribution in [0.3, 0.4) is 0 Å². The average Bonchev–Trinajstić information content (AvgIpc) is 2.88. The number of hydrogen-bond donors (Lipinski definition) is 1. The molecule has 4 heteroatoms. The Balaban J connectivity index is 1.71. The number of likely N-dealkylation sites (tertiary alicyclic amines) is 1. The largest absolute Gasteiger partial charge is 0.322 e. The molecule has 1 atom stereocenters. The van der Waals surface area contributed by atoms with Gasteiger partial charge >= 0.3 is 6.03 Å².